The fourth-order valence-corrected chi connectivity index (χ4v) is 2.85. The van der Waals surface area contributed by atoms with Crippen molar-refractivity contribution >= 4 is 5.91 Å². The van der Waals surface area contributed by atoms with Crippen LogP contribution in [0.4, 0.5) is 0 Å². The van der Waals surface area contributed by atoms with Crippen molar-refractivity contribution in [3.05, 3.63) is 46.8 Å². The summed E-state index contributed by atoms with van der Waals surface area (Å²) in [5.74, 6) is 0.994. The van der Waals surface area contributed by atoms with Crippen LogP contribution in [0.1, 0.15) is 35.4 Å². The number of benzene rings is 1. The molecule has 0 radical (unpaired) electrons. The number of aromatic amines is 1. The maximum atomic E-state index is 12.0. The molecule has 0 spiro atoms. The zero-order valence-corrected chi connectivity index (χ0v) is 13.7. The van der Waals surface area contributed by atoms with Crippen LogP contribution in [0.15, 0.2) is 24.3 Å². The van der Waals surface area contributed by atoms with E-state index in [1.54, 1.807) is 0 Å². The van der Waals surface area contributed by atoms with E-state index in [9.17, 15) is 4.79 Å². The van der Waals surface area contributed by atoms with E-state index in [2.05, 4.69) is 21.6 Å². The number of ether oxygens (including phenoxy) is 1. The second-order valence-electron chi connectivity index (χ2n) is 6.11. The molecule has 0 bridgehead atoms. The normalized spacial score (nSPS) is 16.5. The number of H-pyrrole nitrogens is 1. The zero-order chi connectivity index (χ0) is 16.2. The Labute approximate surface area is 136 Å². The van der Waals surface area contributed by atoms with E-state index < -0.39 is 0 Å². The van der Waals surface area contributed by atoms with Crippen LogP contribution in [-0.2, 0) is 17.6 Å². The number of para-hydroxylation sites is 1. The monoisotopic (exact) mass is 313 g/mol. The minimum absolute atomic E-state index is 0.0486. The van der Waals surface area contributed by atoms with Gasteiger partial charge in [0.15, 0.2) is 0 Å². The summed E-state index contributed by atoms with van der Waals surface area (Å²) in [6.45, 7) is 4.58. The van der Waals surface area contributed by atoms with Crippen molar-refractivity contribution in [1.82, 2.24) is 15.5 Å². The Balaban J connectivity index is 1.44. The minimum atomic E-state index is 0.0486. The van der Waals surface area contributed by atoms with Crippen LogP contribution in [0.2, 0.25) is 0 Å². The Morgan fingerprint density at radius 1 is 1.39 bits per heavy atom. The maximum absolute atomic E-state index is 12.0. The number of carbonyl (C=O) groups excluding carboxylic acids is 1. The lowest BCUT2D eigenvalue weighted by Gasteiger charge is -2.26. The molecule has 2 heterocycles. The van der Waals surface area contributed by atoms with E-state index in [0.29, 0.717) is 19.4 Å². The number of fused-ring (bicyclic) bond motifs is 1. The van der Waals surface area contributed by atoms with Gasteiger partial charge in [-0.1, -0.05) is 18.2 Å². The molecule has 1 aliphatic rings. The number of nitrogens with zero attached hydrogens (tertiary/aromatic N) is 1. The summed E-state index contributed by atoms with van der Waals surface area (Å²) in [6.07, 6.45) is 3.12. The first-order valence-corrected chi connectivity index (χ1v) is 8.15. The highest BCUT2D eigenvalue weighted by molar-refractivity contribution is 5.76. The van der Waals surface area contributed by atoms with E-state index in [4.69, 9.17) is 4.74 Å². The van der Waals surface area contributed by atoms with Crippen LogP contribution in [-0.4, -0.2) is 28.8 Å². The number of nitrogens with one attached hydrogen (secondary N) is 2. The molecule has 1 aromatic carbocycles. The Hall–Kier alpha value is -2.30. The summed E-state index contributed by atoms with van der Waals surface area (Å²) in [5, 5.41) is 10.2. The SMILES string of the molecule is Cc1[nH]nc(CCC(=O)NC[C@H]2CCc3ccccc3O2)c1C. The van der Waals surface area contributed by atoms with E-state index in [1.165, 1.54) is 5.56 Å². The van der Waals surface area contributed by atoms with Gasteiger partial charge in [-0.05, 0) is 43.9 Å². The van der Waals surface area contributed by atoms with Crippen LogP contribution < -0.4 is 10.1 Å². The molecule has 122 valence electrons. The zero-order valence-electron chi connectivity index (χ0n) is 13.7. The molecular formula is C18H23N3O2. The summed E-state index contributed by atoms with van der Waals surface area (Å²) >= 11 is 0. The number of hydrogen-bond acceptors (Lipinski definition) is 3. The number of hydrogen-bond donors (Lipinski definition) is 2. The lowest BCUT2D eigenvalue weighted by atomic mass is 10.0. The van der Waals surface area contributed by atoms with Gasteiger partial charge < -0.3 is 10.1 Å². The summed E-state index contributed by atoms with van der Waals surface area (Å²) in [7, 11) is 0. The molecule has 2 N–H and O–H groups in total. The van der Waals surface area contributed by atoms with Crippen LogP contribution in [0, 0.1) is 13.8 Å². The number of aromatic nitrogens is 2. The molecular weight excluding hydrogens is 290 g/mol. The van der Waals surface area contributed by atoms with E-state index in [-0.39, 0.29) is 12.0 Å². The topological polar surface area (TPSA) is 67.0 Å². The molecule has 5 nitrogen and oxygen atoms in total. The molecule has 0 aliphatic carbocycles. The Morgan fingerprint density at radius 2 is 2.22 bits per heavy atom. The molecule has 5 heteroatoms. The highest BCUT2D eigenvalue weighted by Crippen LogP contribution is 2.26. The number of carbonyl (C=O) groups is 1. The van der Waals surface area contributed by atoms with Crippen LogP contribution in [0.25, 0.3) is 0 Å². The van der Waals surface area contributed by atoms with Crippen molar-refractivity contribution in [3.8, 4) is 5.75 Å². The van der Waals surface area contributed by atoms with Gasteiger partial charge in [-0.15, -0.1) is 0 Å². The summed E-state index contributed by atoms with van der Waals surface area (Å²) < 4.78 is 5.94. The molecule has 0 fully saturated rings. The first kappa shape index (κ1) is 15.6. The minimum Gasteiger partial charge on any atom is -0.488 e. The van der Waals surface area contributed by atoms with Gasteiger partial charge >= 0.3 is 0 Å². The molecule has 1 aromatic heterocycles. The maximum Gasteiger partial charge on any atom is 0.220 e. The molecule has 1 aliphatic heterocycles. The number of rotatable bonds is 5. The third-order valence-corrected chi connectivity index (χ3v) is 4.47. The van der Waals surface area contributed by atoms with Gasteiger partial charge in [0, 0.05) is 18.5 Å². The van der Waals surface area contributed by atoms with Crippen molar-refractivity contribution in [2.24, 2.45) is 0 Å². The van der Waals surface area contributed by atoms with Crippen LogP contribution in [0.5, 0.6) is 5.75 Å². The lowest BCUT2D eigenvalue weighted by molar-refractivity contribution is -0.121. The summed E-state index contributed by atoms with van der Waals surface area (Å²) in [5.41, 5.74) is 4.43. The quantitative estimate of drug-likeness (QED) is 0.891. The average Bonchev–Trinajstić information content (AvgIpc) is 2.89. The first-order chi connectivity index (χ1) is 11.1. The molecule has 23 heavy (non-hydrogen) atoms. The van der Waals surface area contributed by atoms with Crippen molar-refractivity contribution < 1.29 is 9.53 Å². The standard InChI is InChI=1S/C18H23N3O2/c1-12-13(2)20-21-16(12)9-10-18(22)19-11-15-8-7-14-5-3-4-6-17(14)23-15/h3-6,15H,7-11H2,1-2H3,(H,19,22)(H,20,21)/t15-/m1/s1. The smallest absolute Gasteiger partial charge is 0.220 e. The second kappa shape index (κ2) is 6.86. The van der Waals surface area contributed by atoms with Gasteiger partial charge in [0.25, 0.3) is 0 Å². The van der Waals surface area contributed by atoms with Gasteiger partial charge in [-0.2, -0.15) is 5.10 Å². The highest BCUT2D eigenvalue weighted by Gasteiger charge is 2.19. The van der Waals surface area contributed by atoms with Crippen molar-refractivity contribution in [3.63, 3.8) is 0 Å². The second-order valence-corrected chi connectivity index (χ2v) is 6.11. The predicted octanol–water partition coefficient (Wildman–Crippen LogP) is 2.47. The fourth-order valence-electron chi connectivity index (χ4n) is 2.85. The Bertz CT molecular complexity index is 693. The highest BCUT2D eigenvalue weighted by atomic mass is 16.5. The molecule has 0 unspecified atom stereocenters. The first-order valence-electron chi connectivity index (χ1n) is 8.15. The largest absolute Gasteiger partial charge is 0.488 e. The van der Waals surface area contributed by atoms with E-state index in [0.717, 1.165) is 35.5 Å². The fraction of sp³-hybridized carbons (Fsp3) is 0.444. The van der Waals surface area contributed by atoms with Gasteiger partial charge in [0.1, 0.15) is 11.9 Å². The molecule has 0 saturated carbocycles. The molecule has 1 atom stereocenters. The molecule has 0 saturated heterocycles. The van der Waals surface area contributed by atoms with Crippen molar-refractivity contribution in [2.45, 2.75) is 45.6 Å². The van der Waals surface area contributed by atoms with Gasteiger partial charge in [0.2, 0.25) is 5.91 Å². The Kier molecular flexibility index (Phi) is 4.65. The molecule has 3 rings (SSSR count). The van der Waals surface area contributed by atoms with Gasteiger partial charge in [-0.25, -0.2) is 0 Å². The summed E-state index contributed by atoms with van der Waals surface area (Å²) in [6, 6.07) is 8.10. The number of amides is 1. The van der Waals surface area contributed by atoms with Gasteiger partial charge in [-0.3, -0.25) is 9.89 Å². The lowest BCUT2D eigenvalue weighted by Crippen LogP contribution is -2.37. The predicted molar refractivity (Wildman–Crippen MR) is 88.6 cm³/mol. The van der Waals surface area contributed by atoms with E-state index >= 15 is 0 Å². The molecule has 1 amide bonds. The summed E-state index contributed by atoms with van der Waals surface area (Å²) in [4.78, 5) is 12.0. The Morgan fingerprint density at radius 3 is 3.00 bits per heavy atom. The average molecular weight is 313 g/mol. The van der Waals surface area contributed by atoms with Gasteiger partial charge in [0.05, 0.1) is 12.2 Å². The van der Waals surface area contributed by atoms with Crippen molar-refractivity contribution in [2.75, 3.05) is 6.54 Å². The van der Waals surface area contributed by atoms with Crippen LogP contribution in [0.3, 0.4) is 0 Å². The van der Waals surface area contributed by atoms with E-state index in [1.807, 2.05) is 32.0 Å². The van der Waals surface area contributed by atoms with Crippen LogP contribution >= 0.6 is 0 Å². The van der Waals surface area contributed by atoms with Crippen molar-refractivity contribution in [1.29, 1.82) is 0 Å². The third kappa shape index (κ3) is 3.73. The third-order valence-electron chi connectivity index (χ3n) is 4.47. The number of aryl methyl sites for hydroxylation is 3. The molecule has 2 aromatic rings.